The molecule has 0 saturated carbocycles. The van der Waals surface area contributed by atoms with E-state index in [9.17, 15) is 13.6 Å². The first kappa shape index (κ1) is 13.4. The first-order chi connectivity index (χ1) is 7.99. The van der Waals surface area contributed by atoms with Crippen LogP contribution < -0.4 is 10.2 Å². The quantitative estimate of drug-likeness (QED) is 0.817. The van der Waals surface area contributed by atoms with Gasteiger partial charge in [0.1, 0.15) is 17.3 Å². The summed E-state index contributed by atoms with van der Waals surface area (Å²) in [6, 6.07) is 2.08. The van der Waals surface area contributed by atoms with E-state index in [4.69, 9.17) is 5.11 Å². The van der Waals surface area contributed by atoms with Gasteiger partial charge in [-0.15, -0.1) is 0 Å². The molecule has 1 aromatic rings. The molecule has 4 nitrogen and oxygen atoms in total. The number of amides is 1. The Morgan fingerprint density at radius 1 is 1.41 bits per heavy atom. The number of nitrogens with zero attached hydrogens (tertiary/aromatic N) is 1. The van der Waals surface area contributed by atoms with E-state index in [-0.39, 0.29) is 23.7 Å². The molecule has 0 atom stereocenters. The van der Waals surface area contributed by atoms with Gasteiger partial charge in [-0.2, -0.15) is 0 Å². The summed E-state index contributed by atoms with van der Waals surface area (Å²) in [6.45, 7) is -0.587. The molecule has 0 radical (unpaired) electrons. The molecular formula is C11H14F2N2O2. The van der Waals surface area contributed by atoms with Gasteiger partial charge in [-0.05, 0) is 17.7 Å². The smallest absolute Gasteiger partial charge is 0.239 e. The van der Waals surface area contributed by atoms with Crippen molar-refractivity contribution in [3.63, 3.8) is 0 Å². The normalized spacial score (nSPS) is 10.2. The fourth-order valence-electron chi connectivity index (χ4n) is 1.45. The van der Waals surface area contributed by atoms with Crippen LogP contribution in [0.25, 0.3) is 0 Å². The maximum Gasteiger partial charge on any atom is 0.239 e. The molecule has 17 heavy (non-hydrogen) atoms. The van der Waals surface area contributed by atoms with Gasteiger partial charge in [-0.1, -0.05) is 0 Å². The van der Waals surface area contributed by atoms with Gasteiger partial charge in [-0.25, -0.2) is 8.78 Å². The first-order valence-electron chi connectivity index (χ1n) is 5.00. The van der Waals surface area contributed by atoms with Crippen LogP contribution in [0.5, 0.6) is 0 Å². The number of halogens is 2. The van der Waals surface area contributed by atoms with Crippen LogP contribution in [0.4, 0.5) is 14.5 Å². The summed E-state index contributed by atoms with van der Waals surface area (Å²) >= 11 is 0. The number of carbonyl (C=O) groups excluding carboxylic acids is 1. The molecule has 0 aliphatic carbocycles. The number of hydrogen-bond acceptors (Lipinski definition) is 3. The standard InChI is InChI=1S/C11H14F2N2O2/c1-14-10(17)5-15(2)11-8(12)3-7(6-16)4-9(11)13/h3-4,16H,5-6H2,1-2H3,(H,14,17). The van der Waals surface area contributed by atoms with E-state index >= 15 is 0 Å². The second kappa shape index (κ2) is 5.58. The fraction of sp³-hybridized carbons (Fsp3) is 0.364. The molecule has 0 heterocycles. The second-order valence-electron chi connectivity index (χ2n) is 3.60. The number of hydrogen-bond donors (Lipinski definition) is 2. The van der Waals surface area contributed by atoms with E-state index in [1.54, 1.807) is 0 Å². The van der Waals surface area contributed by atoms with E-state index in [0.29, 0.717) is 0 Å². The van der Waals surface area contributed by atoms with Crippen LogP contribution in [-0.2, 0) is 11.4 Å². The number of aliphatic hydroxyl groups is 1. The first-order valence-corrected chi connectivity index (χ1v) is 5.00. The highest BCUT2D eigenvalue weighted by Gasteiger charge is 2.16. The summed E-state index contributed by atoms with van der Waals surface area (Å²) in [6.07, 6.45) is 0. The summed E-state index contributed by atoms with van der Waals surface area (Å²) in [5, 5.41) is 11.2. The zero-order valence-electron chi connectivity index (χ0n) is 9.63. The molecule has 1 aromatic carbocycles. The zero-order chi connectivity index (χ0) is 13.0. The Labute approximate surface area is 97.9 Å². The van der Waals surface area contributed by atoms with E-state index in [2.05, 4.69) is 5.32 Å². The lowest BCUT2D eigenvalue weighted by Crippen LogP contribution is -2.33. The SMILES string of the molecule is CNC(=O)CN(C)c1c(F)cc(CO)cc1F. The number of likely N-dealkylation sites (N-methyl/N-ethyl adjacent to an activating group) is 2. The van der Waals surface area contributed by atoms with E-state index in [0.717, 1.165) is 12.1 Å². The fourth-order valence-corrected chi connectivity index (χ4v) is 1.45. The van der Waals surface area contributed by atoms with Crippen LogP contribution >= 0.6 is 0 Å². The second-order valence-corrected chi connectivity index (χ2v) is 3.60. The lowest BCUT2D eigenvalue weighted by Gasteiger charge is -2.20. The molecule has 2 N–H and O–H groups in total. The van der Waals surface area contributed by atoms with E-state index in [1.807, 2.05) is 0 Å². The van der Waals surface area contributed by atoms with Crippen LogP contribution in [0.2, 0.25) is 0 Å². The van der Waals surface area contributed by atoms with Gasteiger partial charge in [0.05, 0.1) is 13.2 Å². The summed E-state index contributed by atoms with van der Waals surface area (Å²) in [5.41, 5.74) is -0.136. The highest BCUT2D eigenvalue weighted by atomic mass is 19.1. The molecule has 1 amide bonds. The Hall–Kier alpha value is -1.69. The summed E-state index contributed by atoms with van der Waals surface area (Å²) in [5.74, 6) is -1.96. The van der Waals surface area contributed by atoms with Gasteiger partial charge in [0.15, 0.2) is 0 Å². The molecule has 0 unspecified atom stereocenters. The number of carbonyl (C=O) groups is 1. The van der Waals surface area contributed by atoms with Crippen molar-refractivity contribution in [1.82, 2.24) is 5.32 Å². The third kappa shape index (κ3) is 3.13. The predicted octanol–water partition coefficient (Wildman–Crippen LogP) is 0.639. The van der Waals surface area contributed by atoms with E-state index in [1.165, 1.54) is 19.0 Å². The number of nitrogens with one attached hydrogen (secondary N) is 1. The van der Waals surface area contributed by atoms with Crippen molar-refractivity contribution in [2.75, 3.05) is 25.5 Å². The summed E-state index contributed by atoms with van der Waals surface area (Å²) in [7, 11) is 2.85. The van der Waals surface area contributed by atoms with Gasteiger partial charge in [0.25, 0.3) is 0 Å². The average molecular weight is 244 g/mol. The number of aliphatic hydroxyl groups excluding tert-OH is 1. The topological polar surface area (TPSA) is 52.6 Å². The Kier molecular flexibility index (Phi) is 4.39. The van der Waals surface area contributed by atoms with Crippen molar-refractivity contribution in [2.45, 2.75) is 6.61 Å². The molecule has 0 fully saturated rings. The van der Waals surface area contributed by atoms with Gasteiger partial charge in [0.2, 0.25) is 5.91 Å². The van der Waals surface area contributed by atoms with Crippen LogP contribution in [0, 0.1) is 11.6 Å². The van der Waals surface area contributed by atoms with Crippen molar-refractivity contribution in [2.24, 2.45) is 0 Å². The number of rotatable bonds is 4. The highest BCUT2D eigenvalue weighted by Crippen LogP contribution is 2.23. The van der Waals surface area contributed by atoms with Gasteiger partial charge >= 0.3 is 0 Å². The third-order valence-electron chi connectivity index (χ3n) is 2.30. The van der Waals surface area contributed by atoms with Crippen LogP contribution in [0.1, 0.15) is 5.56 Å². The Balaban J connectivity index is 3.01. The minimum absolute atomic E-state index is 0.150. The molecule has 0 aromatic heterocycles. The molecule has 0 saturated heterocycles. The largest absolute Gasteiger partial charge is 0.392 e. The number of anilines is 1. The zero-order valence-corrected chi connectivity index (χ0v) is 9.63. The minimum Gasteiger partial charge on any atom is -0.392 e. The molecule has 0 bridgehead atoms. The van der Waals surface area contributed by atoms with Crippen LogP contribution in [0.3, 0.4) is 0 Å². The van der Waals surface area contributed by atoms with Crippen molar-refractivity contribution in [1.29, 1.82) is 0 Å². The number of benzene rings is 1. The van der Waals surface area contributed by atoms with Crippen molar-refractivity contribution in [3.8, 4) is 0 Å². The molecule has 94 valence electrons. The van der Waals surface area contributed by atoms with Crippen molar-refractivity contribution >= 4 is 11.6 Å². The maximum absolute atomic E-state index is 13.6. The van der Waals surface area contributed by atoms with Gasteiger partial charge < -0.3 is 15.3 Å². The van der Waals surface area contributed by atoms with Crippen molar-refractivity contribution in [3.05, 3.63) is 29.3 Å². The van der Waals surface area contributed by atoms with Gasteiger partial charge in [-0.3, -0.25) is 4.79 Å². The predicted molar refractivity (Wildman–Crippen MR) is 59.6 cm³/mol. The Bertz CT molecular complexity index is 401. The third-order valence-corrected chi connectivity index (χ3v) is 2.30. The maximum atomic E-state index is 13.6. The summed E-state index contributed by atoms with van der Waals surface area (Å²) < 4.78 is 27.2. The van der Waals surface area contributed by atoms with Crippen molar-refractivity contribution < 1.29 is 18.7 Å². The molecule has 0 spiro atoms. The highest BCUT2D eigenvalue weighted by molar-refractivity contribution is 5.81. The summed E-state index contributed by atoms with van der Waals surface area (Å²) in [4.78, 5) is 12.3. The van der Waals surface area contributed by atoms with Gasteiger partial charge in [0, 0.05) is 14.1 Å². The van der Waals surface area contributed by atoms with E-state index < -0.39 is 18.2 Å². The lowest BCUT2D eigenvalue weighted by atomic mass is 10.2. The minimum atomic E-state index is -0.805. The molecule has 6 heteroatoms. The average Bonchev–Trinajstić information content (AvgIpc) is 2.27. The molecular weight excluding hydrogens is 230 g/mol. The Morgan fingerprint density at radius 2 is 1.94 bits per heavy atom. The molecule has 1 rings (SSSR count). The van der Waals surface area contributed by atoms with Crippen LogP contribution in [0.15, 0.2) is 12.1 Å². The lowest BCUT2D eigenvalue weighted by molar-refractivity contribution is -0.119. The molecule has 0 aliphatic rings. The molecule has 0 aliphatic heterocycles. The Morgan fingerprint density at radius 3 is 2.35 bits per heavy atom. The van der Waals surface area contributed by atoms with Crippen LogP contribution in [-0.4, -0.2) is 31.7 Å². The monoisotopic (exact) mass is 244 g/mol.